The summed E-state index contributed by atoms with van der Waals surface area (Å²) in [6.07, 6.45) is 10.8. The first-order valence-corrected chi connectivity index (χ1v) is 17.7. The zero-order chi connectivity index (χ0) is 33.2. The molecule has 8 rings (SSSR count). The number of pyridine rings is 2. The number of rotatable bonds is 11. The van der Waals surface area contributed by atoms with Crippen molar-refractivity contribution in [1.29, 1.82) is 0 Å². The molecule has 246 valence electrons. The predicted octanol–water partition coefficient (Wildman–Crippen LogP) is 7.66. The highest BCUT2D eigenvalue weighted by molar-refractivity contribution is 6.10. The minimum atomic E-state index is 0.764. The Labute approximate surface area is 286 Å². The van der Waals surface area contributed by atoms with Crippen molar-refractivity contribution < 1.29 is 4.57 Å². The highest BCUT2D eigenvalue weighted by Gasteiger charge is 2.24. The highest BCUT2D eigenvalue weighted by Crippen LogP contribution is 2.35. The van der Waals surface area contributed by atoms with Gasteiger partial charge >= 0.3 is 0 Å². The van der Waals surface area contributed by atoms with Crippen molar-refractivity contribution in [3.8, 4) is 11.3 Å². The minimum Gasteiger partial charge on any atom is -0.399 e. The van der Waals surface area contributed by atoms with E-state index in [1.54, 1.807) is 0 Å². The normalized spacial score (nSPS) is 12.9. The second kappa shape index (κ2) is 13.5. The number of hydrogen-bond donors (Lipinski definition) is 3. The van der Waals surface area contributed by atoms with Crippen LogP contribution in [0.3, 0.4) is 0 Å². The van der Waals surface area contributed by atoms with Crippen LogP contribution < -0.4 is 21.4 Å². The van der Waals surface area contributed by atoms with E-state index in [9.17, 15) is 0 Å². The number of para-hydroxylation sites is 1. The Hall–Kier alpha value is -5.50. The number of unbranched alkanes of at least 4 members (excludes halogenated alkanes) is 2. The Morgan fingerprint density at radius 2 is 1.55 bits per heavy atom. The lowest BCUT2D eigenvalue weighted by atomic mass is 9.92. The maximum Gasteiger partial charge on any atom is 0.220 e. The summed E-state index contributed by atoms with van der Waals surface area (Å²) in [4.78, 5) is 4.98. The first-order chi connectivity index (χ1) is 24.1. The fourth-order valence-electron chi connectivity index (χ4n) is 7.58. The van der Waals surface area contributed by atoms with Crippen molar-refractivity contribution in [2.24, 2.45) is 0 Å². The topological polar surface area (TPSA) is 112 Å². The molecule has 0 saturated carbocycles. The average molecular weight is 648 g/mol. The summed E-state index contributed by atoms with van der Waals surface area (Å²) in [6, 6.07) is 31.6. The van der Waals surface area contributed by atoms with Gasteiger partial charge in [-0.1, -0.05) is 47.7 Å². The van der Waals surface area contributed by atoms with Crippen molar-refractivity contribution in [3.63, 3.8) is 0 Å². The second-order valence-electron chi connectivity index (χ2n) is 13.3. The molecule has 4 aromatic carbocycles. The number of benzene rings is 4. The highest BCUT2D eigenvalue weighted by atomic mass is 15.4. The van der Waals surface area contributed by atoms with E-state index in [1.165, 1.54) is 57.2 Å². The quantitative estimate of drug-likeness (QED) is 0.0576. The van der Waals surface area contributed by atoms with Gasteiger partial charge in [-0.15, -0.1) is 5.10 Å². The zero-order valence-corrected chi connectivity index (χ0v) is 27.9. The van der Waals surface area contributed by atoms with E-state index < -0.39 is 0 Å². The van der Waals surface area contributed by atoms with Crippen molar-refractivity contribution in [2.75, 3.05) is 23.3 Å². The SMILES string of the molecule is Nc1ccc2c(c1)c(-c1ccccc1)[n+](CCCCCc1cn(CCNc3c4c(nc5ccccc35)CCCC4)nn1)c1cc(N)ccc21. The third-order valence-electron chi connectivity index (χ3n) is 9.93. The van der Waals surface area contributed by atoms with E-state index in [2.05, 4.69) is 105 Å². The summed E-state index contributed by atoms with van der Waals surface area (Å²) < 4.78 is 4.41. The smallest absolute Gasteiger partial charge is 0.220 e. The number of aryl methyl sites for hydroxylation is 3. The van der Waals surface area contributed by atoms with E-state index in [0.717, 1.165) is 91.6 Å². The van der Waals surface area contributed by atoms with Crippen LogP contribution in [0.25, 0.3) is 43.8 Å². The summed E-state index contributed by atoms with van der Waals surface area (Å²) in [7, 11) is 0. The summed E-state index contributed by atoms with van der Waals surface area (Å²) in [5, 5.41) is 17.5. The molecule has 3 aromatic heterocycles. The Balaban J connectivity index is 0.933. The molecule has 1 aliphatic rings. The zero-order valence-electron chi connectivity index (χ0n) is 27.9. The average Bonchev–Trinajstić information content (AvgIpc) is 3.58. The number of nitrogens with one attached hydrogen (secondary N) is 1. The van der Waals surface area contributed by atoms with Crippen LogP contribution in [0.1, 0.15) is 49.1 Å². The fourth-order valence-corrected chi connectivity index (χ4v) is 7.58. The summed E-state index contributed by atoms with van der Waals surface area (Å²) in [5.74, 6) is 0. The Bertz CT molecular complexity index is 2270. The molecule has 0 aliphatic heterocycles. The first kappa shape index (κ1) is 30.8. The maximum absolute atomic E-state index is 6.35. The standard InChI is InChI=1S/C41H42N8/c42-29-18-20-32-33-21-19-30(43)26-39(33)49(41(36(32)25-29)28-11-3-1-4-12-28)23-10-2-5-13-31-27-48(47-46-31)24-22-44-40-34-14-6-8-16-37(34)45-38-17-9-7-15-35(38)40/h1,3-4,6,8,11-12,14,16,18-21,25-27,43H,2,5,7,9-10,13,15,17,22-24,42H2,(H,44,45)/p+1. The van der Waals surface area contributed by atoms with Crippen molar-refractivity contribution >= 4 is 49.6 Å². The second-order valence-corrected chi connectivity index (χ2v) is 13.3. The number of fused-ring (bicyclic) bond motifs is 5. The van der Waals surface area contributed by atoms with Crippen molar-refractivity contribution in [1.82, 2.24) is 20.0 Å². The number of nitrogens with zero attached hydrogens (tertiary/aromatic N) is 5. The van der Waals surface area contributed by atoms with Gasteiger partial charge in [-0.05, 0) is 93.0 Å². The predicted molar refractivity (Wildman–Crippen MR) is 200 cm³/mol. The molecule has 0 unspecified atom stereocenters. The van der Waals surface area contributed by atoms with Crippen molar-refractivity contribution in [3.05, 3.63) is 114 Å². The first-order valence-electron chi connectivity index (χ1n) is 17.7. The van der Waals surface area contributed by atoms with Gasteiger partial charge < -0.3 is 16.8 Å². The molecule has 7 aromatic rings. The number of anilines is 3. The Kier molecular flexibility index (Phi) is 8.52. The van der Waals surface area contributed by atoms with E-state index in [0.29, 0.717) is 0 Å². The molecule has 5 N–H and O–H groups in total. The van der Waals surface area contributed by atoms with Crippen LogP contribution in [0.4, 0.5) is 17.1 Å². The van der Waals surface area contributed by atoms with Gasteiger partial charge in [0.2, 0.25) is 11.2 Å². The molecule has 0 spiro atoms. The van der Waals surface area contributed by atoms with Crippen LogP contribution in [0.5, 0.6) is 0 Å². The lowest BCUT2D eigenvalue weighted by Gasteiger charge is -2.21. The molecule has 0 amide bonds. The molecular weight excluding hydrogens is 605 g/mol. The van der Waals surface area contributed by atoms with Crippen molar-refractivity contribution in [2.45, 2.75) is 64.5 Å². The summed E-state index contributed by atoms with van der Waals surface area (Å²) >= 11 is 0. The van der Waals surface area contributed by atoms with Gasteiger partial charge in [-0.3, -0.25) is 9.67 Å². The largest absolute Gasteiger partial charge is 0.399 e. The van der Waals surface area contributed by atoms with Crippen LogP contribution >= 0.6 is 0 Å². The molecular formula is C41H43N8+. The van der Waals surface area contributed by atoms with Crippen LogP contribution in [0.15, 0.2) is 97.2 Å². The van der Waals surface area contributed by atoms with Gasteiger partial charge in [0.15, 0.2) is 0 Å². The van der Waals surface area contributed by atoms with Gasteiger partial charge in [0.1, 0.15) is 6.54 Å². The lowest BCUT2D eigenvalue weighted by molar-refractivity contribution is -0.659. The van der Waals surface area contributed by atoms with E-state index >= 15 is 0 Å². The molecule has 8 heteroatoms. The maximum atomic E-state index is 6.35. The minimum absolute atomic E-state index is 0.764. The van der Waals surface area contributed by atoms with E-state index in [-0.39, 0.29) is 0 Å². The van der Waals surface area contributed by atoms with Gasteiger partial charge in [0, 0.05) is 64.3 Å². The number of hydrogen-bond acceptors (Lipinski definition) is 6. The molecule has 0 fully saturated rings. The molecule has 0 radical (unpaired) electrons. The lowest BCUT2D eigenvalue weighted by Crippen LogP contribution is -2.37. The van der Waals surface area contributed by atoms with E-state index in [1.807, 2.05) is 16.8 Å². The number of nitrogens with two attached hydrogens (primary N) is 2. The fraction of sp³-hybridized carbons (Fsp3) is 0.268. The van der Waals surface area contributed by atoms with Gasteiger partial charge in [0.25, 0.3) is 0 Å². The summed E-state index contributed by atoms with van der Waals surface area (Å²) in [5.41, 5.74) is 23.7. The molecule has 3 heterocycles. The molecule has 8 nitrogen and oxygen atoms in total. The van der Waals surface area contributed by atoms with Crippen LogP contribution in [-0.2, 0) is 32.4 Å². The molecule has 49 heavy (non-hydrogen) atoms. The Morgan fingerprint density at radius 3 is 2.45 bits per heavy atom. The van der Waals surface area contributed by atoms with E-state index in [4.69, 9.17) is 16.5 Å². The Morgan fingerprint density at radius 1 is 0.755 bits per heavy atom. The molecule has 0 atom stereocenters. The third kappa shape index (κ3) is 6.26. The van der Waals surface area contributed by atoms with Gasteiger partial charge in [-0.2, -0.15) is 4.57 Å². The molecule has 0 bridgehead atoms. The van der Waals surface area contributed by atoms with Gasteiger partial charge in [-0.25, -0.2) is 0 Å². The van der Waals surface area contributed by atoms with Crippen LogP contribution in [0, 0.1) is 0 Å². The number of aromatic nitrogens is 5. The number of nitrogen functional groups attached to an aromatic ring is 2. The van der Waals surface area contributed by atoms with Crippen LogP contribution in [0.2, 0.25) is 0 Å². The summed E-state index contributed by atoms with van der Waals surface area (Å²) in [6.45, 7) is 2.43. The third-order valence-corrected chi connectivity index (χ3v) is 9.93. The molecule has 1 aliphatic carbocycles. The van der Waals surface area contributed by atoms with Crippen LogP contribution in [-0.4, -0.2) is 26.5 Å². The van der Waals surface area contributed by atoms with Gasteiger partial charge in [0.05, 0.1) is 28.5 Å². The molecule has 0 saturated heterocycles. The monoisotopic (exact) mass is 647 g/mol.